The van der Waals surface area contributed by atoms with Gasteiger partial charge in [0, 0.05) is 62.4 Å². The summed E-state index contributed by atoms with van der Waals surface area (Å²) in [7, 11) is 3.94. The van der Waals surface area contributed by atoms with Gasteiger partial charge in [-0.3, -0.25) is 4.98 Å². The zero-order valence-corrected chi connectivity index (χ0v) is 10.3. The number of aryl methyl sites for hydroxylation is 2. The van der Waals surface area contributed by atoms with Crippen molar-refractivity contribution in [1.82, 2.24) is 24.1 Å². The van der Waals surface area contributed by atoms with E-state index in [-0.39, 0.29) is 0 Å². The largest absolute Gasteiger partial charge is 0.334 e. The van der Waals surface area contributed by atoms with Crippen LogP contribution in [0.2, 0.25) is 0 Å². The molecule has 0 atom stereocenters. The second-order valence-electron chi connectivity index (χ2n) is 4.19. The normalized spacial score (nSPS) is 10.8. The highest BCUT2D eigenvalue weighted by molar-refractivity contribution is 5.64. The Morgan fingerprint density at radius 2 is 1.33 bits per heavy atom. The Morgan fingerprint density at radius 3 is 1.72 bits per heavy atom. The summed E-state index contributed by atoms with van der Waals surface area (Å²) in [6.07, 6.45) is 11.0. The quantitative estimate of drug-likeness (QED) is 0.686. The highest BCUT2D eigenvalue weighted by Gasteiger charge is 2.08. The molecule has 3 heterocycles. The summed E-state index contributed by atoms with van der Waals surface area (Å²) in [5, 5.41) is 0. The first-order valence-electron chi connectivity index (χ1n) is 5.66. The van der Waals surface area contributed by atoms with Crippen molar-refractivity contribution < 1.29 is 0 Å². The monoisotopic (exact) mass is 239 g/mol. The summed E-state index contributed by atoms with van der Waals surface area (Å²) in [6.45, 7) is 0. The van der Waals surface area contributed by atoms with E-state index in [9.17, 15) is 0 Å². The lowest BCUT2D eigenvalue weighted by Crippen LogP contribution is -1.95. The molecule has 0 aliphatic heterocycles. The molecule has 0 radical (unpaired) electrons. The number of hydrogen-bond acceptors (Lipinski definition) is 3. The van der Waals surface area contributed by atoms with Crippen molar-refractivity contribution in [3.8, 4) is 22.8 Å². The molecule has 5 nitrogen and oxygen atoms in total. The third kappa shape index (κ3) is 1.69. The Kier molecular flexibility index (Phi) is 2.44. The van der Waals surface area contributed by atoms with Gasteiger partial charge in [0.15, 0.2) is 0 Å². The van der Waals surface area contributed by atoms with Gasteiger partial charge in [0.25, 0.3) is 0 Å². The smallest absolute Gasteiger partial charge is 0.141 e. The summed E-state index contributed by atoms with van der Waals surface area (Å²) >= 11 is 0. The molecular formula is C13H13N5. The Labute approximate surface area is 105 Å². The zero-order valence-electron chi connectivity index (χ0n) is 10.3. The van der Waals surface area contributed by atoms with Crippen LogP contribution in [-0.4, -0.2) is 24.1 Å². The fourth-order valence-electron chi connectivity index (χ4n) is 1.97. The Morgan fingerprint density at radius 1 is 0.833 bits per heavy atom. The first kappa shape index (κ1) is 10.7. The van der Waals surface area contributed by atoms with Crippen LogP contribution in [-0.2, 0) is 14.1 Å². The summed E-state index contributed by atoms with van der Waals surface area (Å²) < 4.78 is 3.94. The lowest BCUT2D eigenvalue weighted by Gasteiger charge is -2.05. The molecule has 0 saturated carbocycles. The van der Waals surface area contributed by atoms with Gasteiger partial charge in [0.1, 0.15) is 11.6 Å². The summed E-state index contributed by atoms with van der Waals surface area (Å²) in [6, 6.07) is 2.05. The predicted molar refractivity (Wildman–Crippen MR) is 68.6 cm³/mol. The molecule has 18 heavy (non-hydrogen) atoms. The number of hydrogen-bond donors (Lipinski definition) is 0. The molecule has 90 valence electrons. The number of rotatable bonds is 2. The maximum Gasteiger partial charge on any atom is 0.141 e. The van der Waals surface area contributed by atoms with Gasteiger partial charge >= 0.3 is 0 Å². The fraction of sp³-hybridized carbons (Fsp3) is 0.154. The fourth-order valence-corrected chi connectivity index (χ4v) is 1.97. The van der Waals surface area contributed by atoms with Crippen LogP contribution in [0.4, 0.5) is 0 Å². The molecule has 0 bridgehead atoms. The van der Waals surface area contributed by atoms with Crippen molar-refractivity contribution in [2.75, 3.05) is 0 Å². The molecule has 3 aromatic rings. The Balaban J connectivity index is 2.11. The van der Waals surface area contributed by atoms with Gasteiger partial charge in [-0.05, 0) is 6.07 Å². The standard InChI is InChI=1S/C13H13N5/c1-17-5-3-15-12(17)10-7-11(9-14-8-10)13-16-4-6-18(13)2/h3-9H,1-2H3. The van der Waals surface area contributed by atoms with Crippen LogP contribution in [0.25, 0.3) is 22.8 Å². The number of nitrogens with zero attached hydrogens (tertiary/aromatic N) is 5. The average Bonchev–Trinajstić information content (AvgIpc) is 2.98. The molecule has 0 saturated heterocycles. The molecule has 0 unspecified atom stereocenters. The van der Waals surface area contributed by atoms with Crippen LogP contribution in [0.5, 0.6) is 0 Å². The van der Waals surface area contributed by atoms with E-state index in [1.54, 1.807) is 12.4 Å². The van der Waals surface area contributed by atoms with Gasteiger partial charge in [-0.25, -0.2) is 9.97 Å². The molecule has 0 N–H and O–H groups in total. The molecule has 3 aromatic heterocycles. The van der Waals surface area contributed by atoms with Crippen molar-refractivity contribution in [3.05, 3.63) is 43.2 Å². The first-order valence-corrected chi connectivity index (χ1v) is 5.66. The highest BCUT2D eigenvalue weighted by Crippen LogP contribution is 2.22. The van der Waals surface area contributed by atoms with Gasteiger partial charge < -0.3 is 9.13 Å². The van der Waals surface area contributed by atoms with Gasteiger partial charge in [-0.2, -0.15) is 0 Å². The zero-order chi connectivity index (χ0) is 12.5. The van der Waals surface area contributed by atoms with Crippen molar-refractivity contribution in [2.24, 2.45) is 14.1 Å². The van der Waals surface area contributed by atoms with Crippen molar-refractivity contribution in [2.45, 2.75) is 0 Å². The SMILES string of the molecule is Cn1ccnc1-c1cncc(-c2nccn2C)c1. The minimum atomic E-state index is 0.901. The summed E-state index contributed by atoms with van der Waals surface area (Å²) in [5.74, 6) is 1.80. The molecule has 3 rings (SSSR count). The van der Waals surface area contributed by atoms with Crippen LogP contribution in [0.15, 0.2) is 43.2 Å². The molecule has 0 aliphatic rings. The molecule has 0 spiro atoms. The summed E-state index contributed by atoms with van der Waals surface area (Å²) in [4.78, 5) is 12.9. The van der Waals surface area contributed by atoms with Crippen LogP contribution < -0.4 is 0 Å². The van der Waals surface area contributed by atoms with E-state index >= 15 is 0 Å². The average molecular weight is 239 g/mol. The second-order valence-corrected chi connectivity index (χ2v) is 4.19. The lowest BCUT2D eigenvalue weighted by molar-refractivity contribution is 0.918. The van der Waals surface area contributed by atoms with Gasteiger partial charge in [-0.15, -0.1) is 0 Å². The maximum absolute atomic E-state index is 4.33. The van der Waals surface area contributed by atoms with E-state index in [1.165, 1.54) is 0 Å². The number of pyridine rings is 1. The molecule has 0 amide bonds. The first-order chi connectivity index (χ1) is 8.75. The van der Waals surface area contributed by atoms with E-state index in [0.717, 1.165) is 22.8 Å². The topological polar surface area (TPSA) is 48.5 Å². The third-order valence-corrected chi connectivity index (χ3v) is 2.90. The second kappa shape index (κ2) is 4.10. The molecular weight excluding hydrogens is 226 g/mol. The van der Waals surface area contributed by atoms with Gasteiger partial charge in [-0.1, -0.05) is 0 Å². The van der Waals surface area contributed by atoms with E-state index in [2.05, 4.69) is 21.0 Å². The maximum atomic E-state index is 4.33. The van der Waals surface area contributed by atoms with Crippen molar-refractivity contribution >= 4 is 0 Å². The molecule has 0 aromatic carbocycles. The number of aromatic nitrogens is 5. The van der Waals surface area contributed by atoms with E-state index in [1.807, 2.05) is 48.0 Å². The third-order valence-electron chi connectivity index (χ3n) is 2.90. The number of imidazole rings is 2. The van der Waals surface area contributed by atoms with Crippen molar-refractivity contribution in [1.29, 1.82) is 0 Å². The molecule has 0 fully saturated rings. The molecule has 0 aliphatic carbocycles. The van der Waals surface area contributed by atoms with Crippen LogP contribution in [0.1, 0.15) is 0 Å². The summed E-state index contributed by atoms with van der Waals surface area (Å²) in [5.41, 5.74) is 1.98. The van der Waals surface area contributed by atoms with Gasteiger partial charge in [0.05, 0.1) is 0 Å². The highest BCUT2D eigenvalue weighted by atomic mass is 15.0. The van der Waals surface area contributed by atoms with Crippen molar-refractivity contribution in [3.63, 3.8) is 0 Å². The molecule has 5 heteroatoms. The minimum Gasteiger partial charge on any atom is -0.334 e. The van der Waals surface area contributed by atoms with E-state index < -0.39 is 0 Å². The van der Waals surface area contributed by atoms with Crippen LogP contribution in [0, 0.1) is 0 Å². The van der Waals surface area contributed by atoms with Crippen LogP contribution >= 0.6 is 0 Å². The predicted octanol–water partition coefficient (Wildman–Crippen LogP) is 1.88. The lowest BCUT2D eigenvalue weighted by atomic mass is 10.2. The van der Waals surface area contributed by atoms with Crippen LogP contribution in [0.3, 0.4) is 0 Å². The van der Waals surface area contributed by atoms with Gasteiger partial charge in [0.2, 0.25) is 0 Å². The van der Waals surface area contributed by atoms with E-state index in [0.29, 0.717) is 0 Å². The Bertz CT molecular complexity index is 625. The Hall–Kier alpha value is -2.43. The van der Waals surface area contributed by atoms with E-state index in [4.69, 9.17) is 0 Å². The minimum absolute atomic E-state index is 0.901.